The van der Waals surface area contributed by atoms with Crippen molar-refractivity contribution in [1.29, 1.82) is 0 Å². The molecule has 12 heteroatoms. The molecule has 0 aliphatic carbocycles. The molecule has 4 aromatic rings. The average molecular weight is 649 g/mol. The minimum atomic E-state index is -0.606. The number of hydrogen-bond donors (Lipinski definition) is 4. The van der Waals surface area contributed by atoms with Gasteiger partial charge in [-0.05, 0) is 52.8 Å². The second-order valence-electron chi connectivity index (χ2n) is 13.2. The van der Waals surface area contributed by atoms with Gasteiger partial charge < -0.3 is 25.2 Å². The number of halogens is 2. The lowest BCUT2D eigenvalue weighted by Crippen LogP contribution is -2.25. The molecule has 1 aliphatic heterocycles. The van der Waals surface area contributed by atoms with Gasteiger partial charge in [0.1, 0.15) is 35.6 Å². The highest BCUT2D eigenvalue weighted by Gasteiger charge is 2.26. The van der Waals surface area contributed by atoms with E-state index in [9.17, 15) is 14.3 Å². The number of carbonyl (C=O) groups excluding carboxylic acids is 1. The monoisotopic (exact) mass is 648 g/mol. The summed E-state index contributed by atoms with van der Waals surface area (Å²) in [6.45, 7) is 13.2. The van der Waals surface area contributed by atoms with Crippen LogP contribution in [0.5, 0.6) is 11.5 Å². The molecule has 2 heterocycles. The maximum atomic E-state index is 13.7. The third-order valence-electron chi connectivity index (χ3n) is 7.48. The van der Waals surface area contributed by atoms with Crippen LogP contribution in [-0.2, 0) is 15.6 Å². The van der Waals surface area contributed by atoms with E-state index < -0.39 is 11.8 Å². The van der Waals surface area contributed by atoms with Crippen LogP contribution in [0, 0.1) is 5.82 Å². The summed E-state index contributed by atoms with van der Waals surface area (Å²) in [4.78, 5) is 21.9. The van der Waals surface area contributed by atoms with Gasteiger partial charge in [0.25, 0.3) is 0 Å². The average Bonchev–Trinajstić information content (AvgIpc) is 3.48. The summed E-state index contributed by atoms with van der Waals surface area (Å²) in [7, 11) is 0. The fraction of sp³-hybridized carbons (Fsp3) is 0.353. The van der Waals surface area contributed by atoms with Crippen LogP contribution in [0.15, 0.2) is 53.9 Å². The number of nitrogens with one attached hydrogen (secondary N) is 3. The normalized spacial score (nSPS) is 15.3. The van der Waals surface area contributed by atoms with Gasteiger partial charge >= 0.3 is 6.03 Å². The van der Waals surface area contributed by atoms with Crippen LogP contribution in [0.4, 0.5) is 26.4 Å². The lowest BCUT2D eigenvalue weighted by molar-refractivity contribution is 0.142. The van der Waals surface area contributed by atoms with Crippen molar-refractivity contribution in [2.75, 3.05) is 23.8 Å². The summed E-state index contributed by atoms with van der Waals surface area (Å²) in [6.07, 6.45) is 3.45. The van der Waals surface area contributed by atoms with Crippen molar-refractivity contribution in [3.63, 3.8) is 0 Å². The maximum Gasteiger partial charge on any atom is 0.339 e. The number of amides is 2. The third kappa shape index (κ3) is 7.66. The Labute approximate surface area is 272 Å². The Hall–Kier alpha value is -4.48. The fourth-order valence-corrected chi connectivity index (χ4v) is 5.25. The van der Waals surface area contributed by atoms with Crippen LogP contribution in [0.2, 0.25) is 5.02 Å². The quantitative estimate of drug-likeness (QED) is 0.119. The van der Waals surface area contributed by atoms with Crippen LogP contribution >= 0.6 is 11.6 Å². The van der Waals surface area contributed by atoms with Crippen LogP contribution < -0.4 is 20.8 Å². The molecule has 1 unspecified atom stereocenters. The molecule has 0 bridgehead atoms. The Morgan fingerprint density at radius 2 is 1.80 bits per heavy atom. The lowest BCUT2D eigenvalue weighted by Gasteiger charge is -2.27. The van der Waals surface area contributed by atoms with Crippen molar-refractivity contribution in [2.45, 2.75) is 64.9 Å². The molecule has 3 aromatic carbocycles. The Kier molecular flexibility index (Phi) is 9.37. The highest BCUT2D eigenvalue weighted by atomic mass is 35.5. The Bertz CT molecular complexity index is 1760. The molecule has 4 N–H and O–H groups in total. The number of aromatic nitrogens is 2. The molecule has 10 nitrogen and oxygen atoms in total. The van der Waals surface area contributed by atoms with Crippen LogP contribution in [0.3, 0.4) is 0 Å². The highest BCUT2D eigenvalue weighted by molar-refractivity contribution is 6.31. The van der Waals surface area contributed by atoms with E-state index in [4.69, 9.17) is 21.1 Å². The van der Waals surface area contributed by atoms with E-state index in [0.717, 1.165) is 16.7 Å². The minimum absolute atomic E-state index is 0.0334. The summed E-state index contributed by atoms with van der Waals surface area (Å²) in [5.74, 6) is 0.549. The summed E-state index contributed by atoms with van der Waals surface area (Å²) >= 11 is 5.97. The second kappa shape index (κ2) is 13.1. The number of hydrogen-bond acceptors (Lipinski definition) is 8. The molecule has 1 fully saturated rings. The molecule has 5 rings (SSSR count). The first-order valence-corrected chi connectivity index (χ1v) is 15.3. The predicted molar refractivity (Wildman–Crippen MR) is 179 cm³/mol. The molecule has 1 atom stereocenters. The molecular weight excluding hydrogens is 611 g/mol. The molecule has 2 amide bonds. The van der Waals surface area contributed by atoms with Crippen LogP contribution in [-0.4, -0.2) is 46.6 Å². The molecule has 1 aliphatic rings. The standard InChI is InChI=1S/C34H38ClFN6O4/c1-33(2,3)23-11-19(12-24(30(23)43)34(4,5)6)16-39-42-32(44)41-28-14-22-27(15-29(28)46-21-9-10-45-17-21)37-18-38-31(22)40-20-7-8-26(36)25(35)13-20/h7-8,11-16,18,21,43H,9-10,17H2,1-6H3,(H,37,38,40)(H2,41,42,44)/b39-16+. The number of rotatable bonds is 7. The lowest BCUT2D eigenvalue weighted by atomic mass is 9.78. The number of phenolic OH excluding ortho intramolecular Hbond substituents is 1. The molecule has 1 saturated heterocycles. The van der Waals surface area contributed by atoms with Gasteiger partial charge in [-0.2, -0.15) is 5.10 Å². The number of carbonyl (C=O) groups is 1. The van der Waals surface area contributed by atoms with Gasteiger partial charge in [0.2, 0.25) is 0 Å². The smallest absolute Gasteiger partial charge is 0.339 e. The molecular formula is C34H38ClFN6O4. The minimum Gasteiger partial charge on any atom is -0.507 e. The summed E-state index contributed by atoms with van der Waals surface area (Å²) in [5.41, 5.74) is 5.65. The highest BCUT2D eigenvalue weighted by Crippen LogP contribution is 2.40. The predicted octanol–water partition coefficient (Wildman–Crippen LogP) is 7.79. The number of aromatic hydroxyl groups is 1. The number of phenols is 1. The topological polar surface area (TPSA) is 130 Å². The SMILES string of the molecule is CC(C)(C)c1cc(/C=N/NC(=O)Nc2cc3c(Nc4ccc(F)c(Cl)c4)ncnc3cc2OC2CCOC2)cc(C(C)(C)C)c1O. The Balaban J connectivity index is 1.42. The Morgan fingerprint density at radius 3 is 2.43 bits per heavy atom. The van der Waals surface area contributed by atoms with E-state index in [1.54, 1.807) is 24.4 Å². The number of benzene rings is 3. The summed E-state index contributed by atoms with van der Waals surface area (Å²) < 4.78 is 25.4. The van der Waals surface area contributed by atoms with Gasteiger partial charge in [0.15, 0.2) is 0 Å². The van der Waals surface area contributed by atoms with E-state index in [2.05, 4.69) is 31.1 Å². The number of anilines is 3. The fourth-order valence-electron chi connectivity index (χ4n) is 5.07. The number of urea groups is 1. The molecule has 0 radical (unpaired) electrons. The molecule has 0 spiro atoms. The number of hydrazone groups is 1. The molecule has 242 valence electrons. The van der Waals surface area contributed by atoms with Gasteiger partial charge in [0, 0.05) is 34.7 Å². The zero-order chi connectivity index (χ0) is 33.2. The van der Waals surface area contributed by atoms with Gasteiger partial charge in [-0.25, -0.2) is 24.6 Å². The summed E-state index contributed by atoms with van der Waals surface area (Å²) in [5, 5.41) is 21.7. The van der Waals surface area contributed by atoms with E-state index in [1.165, 1.54) is 18.5 Å². The maximum absolute atomic E-state index is 13.7. The van der Waals surface area contributed by atoms with E-state index in [1.807, 2.05) is 53.7 Å². The first kappa shape index (κ1) is 32.9. The third-order valence-corrected chi connectivity index (χ3v) is 7.77. The van der Waals surface area contributed by atoms with Crippen molar-refractivity contribution >= 4 is 51.9 Å². The first-order chi connectivity index (χ1) is 21.7. The largest absolute Gasteiger partial charge is 0.507 e. The van der Waals surface area contributed by atoms with Gasteiger partial charge in [0.05, 0.1) is 35.7 Å². The number of ether oxygens (including phenoxy) is 2. The van der Waals surface area contributed by atoms with Crippen molar-refractivity contribution in [1.82, 2.24) is 15.4 Å². The first-order valence-electron chi connectivity index (χ1n) is 14.9. The van der Waals surface area contributed by atoms with Crippen molar-refractivity contribution in [2.24, 2.45) is 5.10 Å². The molecule has 46 heavy (non-hydrogen) atoms. The van der Waals surface area contributed by atoms with Crippen LogP contribution in [0.1, 0.15) is 64.7 Å². The van der Waals surface area contributed by atoms with E-state index >= 15 is 0 Å². The zero-order valence-corrected chi connectivity index (χ0v) is 27.4. The number of fused-ring (bicyclic) bond motifs is 1. The Morgan fingerprint density at radius 1 is 1.09 bits per heavy atom. The zero-order valence-electron chi connectivity index (χ0n) is 26.7. The van der Waals surface area contributed by atoms with Crippen LogP contribution in [0.25, 0.3) is 10.9 Å². The van der Waals surface area contributed by atoms with Gasteiger partial charge in [-0.3, -0.25) is 0 Å². The van der Waals surface area contributed by atoms with Crippen molar-refractivity contribution in [3.8, 4) is 11.5 Å². The summed E-state index contributed by atoms with van der Waals surface area (Å²) in [6, 6.07) is 10.8. The molecule has 0 saturated carbocycles. The second-order valence-corrected chi connectivity index (χ2v) is 13.6. The molecule has 1 aromatic heterocycles. The van der Waals surface area contributed by atoms with Gasteiger partial charge in [-0.15, -0.1) is 0 Å². The van der Waals surface area contributed by atoms with Crippen molar-refractivity contribution in [3.05, 3.63) is 76.3 Å². The van der Waals surface area contributed by atoms with Crippen molar-refractivity contribution < 1.29 is 23.8 Å². The van der Waals surface area contributed by atoms with E-state index in [0.29, 0.717) is 53.5 Å². The number of nitrogens with zero attached hydrogens (tertiary/aromatic N) is 3. The van der Waals surface area contributed by atoms with E-state index in [-0.39, 0.29) is 27.7 Å². The van der Waals surface area contributed by atoms with Gasteiger partial charge in [-0.1, -0.05) is 53.1 Å².